The fourth-order valence-corrected chi connectivity index (χ4v) is 1.25. The Labute approximate surface area is 77.3 Å². The molecule has 5 nitrogen and oxygen atoms in total. The minimum absolute atomic E-state index is 0.0178. The predicted molar refractivity (Wildman–Crippen MR) is 47.9 cm³/mol. The predicted octanol–water partition coefficient (Wildman–Crippen LogP) is -1.32. The Kier molecular flexibility index (Phi) is 3.25. The maximum Gasteiger partial charge on any atom is 0.241 e. The van der Waals surface area contributed by atoms with E-state index in [0.717, 1.165) is 0 Å². The maximum absolute atomic E-state index is 11.0. The van der Waals surface area contributed by atoms with Gasteiger partial charge >= 0.3 is 0 Å². The number of nitrogens with two attached hydrogens (primary N) is 1. The lowest BCUT2D eigenvalue weighted by atomic mass is 10.1. The van der Waals surface area contributed by atoms with Crippen LogP contribution in [0.15, 0.2) is 0 Å². The van der Waals surface area contributed by atoms with Crippen LogP contribution in [0.4, 0.5) is 0 Å². The summed E-state index contributed by atoms with van der Waals surface area (Å²) in [6.07, 6.45) is 0.367. The molecule has 5 heteroatoms. The van der Waals surface area contributed by atoms with Gasteiger partial charge in [-0.15, -0.1) is 0 Å². The van der Waals surface area contributed by atoms with Crippen molar-refractivity contribution in [3.05, 3.63) is 0 Å². The molecule has 1 aliphatic heterocycles. The number of carbonyl (C=O) groups excluding carboxylic acids is 2. The molecular formula is C8H15N3O2. The van der Waals surface area contributed by atoms with Gasteiger partial charge < -0.3 is 16.0 Å². The second kappa shape index (κ2) is 4.23. The number of likely N-dealkylation sites (tertiary alicyclic amines) is 1. The Bertz CT molecular complexity index is 217. The van der Waals surface area contributed by atoms with Crippen molar-refractivity contribution in [2.75, 3.05) is 19.6 Å². The molecular weight excluding hydrogens is 170 g/mol. The van der Waals surface area contributed by atoms with Crippen LogP contribution in [-0.2, 0) is 9.59 Å². The van der Waals surface area contributed by atoms with E-state index in [9.17, 15) is 9.59 Å². The monoisotopic (exact) mass is 185 g/mol. The van der Waals surface area contributed by atoms with Gasteiger partial charge in [-0.2, -0.15) is 0 Å². The normalized spacial score (nSPS) is 21.2. The van der Waals surface area contributed by atoms with Gasteiger partial charge in [-0.1, -0.05) is 0 Å². The van der Waals surface area contributed by atoms with Crippen LogP contribution in [-0.4, -0.2) is 42.4 Å². The molecule has 0 aromatic rings. The topological polar surface area (TPSA) is 75.4 Å². The third kappa shape index (κ3) is 2.42. The standard InChI is InChI=1S/C8H15N3O2/c1-2-10-7(12)3-4-11-5-6(9)8(11)13/h6H,2-5,9H2,1H3,(H,10,12). The first-order valence-electron chi connectivity index (χ1n) is 4.46. The Hall–Kier alpha value is -1.10. The lowest BCUT2D eigenvalue weighted by Gasteiger charge is -2.35. The van der Waals surface area contributed by atoms with E-state index in [0.29, 0.717) is 26.1 Å². The Morgan fingerprint density at radius 3 is 2.92 bits per heavy atom. The summed E-state index contributed by atoms with van der Waals surface area (Å²) in [4.78, 5) is 23.6. The number of hydrogen-bond acceptors (Lipinski definition) is 3. The summed E-state index contributed by atoms with van der Waals surface area (Å²) in [5.41, 5.74) is 5.39. The maximum atomic E-state index is 11.0. The smallest absolute Gasteiger partial charge is 0.241 e. The number of amides is 2. The van der Waals surface area contributed by atoms with Crippen molar-refractivity contribution < 1.29 is 9.59 Å². The number of nitrogens with zero attached hydrogens (tertiary/aromatic N) is 1. The Balaban J connectivity index is 2.14. The highest BCUT2D eigenvalue weighted by molar-refractivity contribution is 5.88. The molecule has 0 aromatic heterocycles. The lowest BCUT2D eigenvalue weighted by Crippen LogP contribution is -2.61. The third-order valence-electron chi connectivity index (χ3n) is 2.03. The van der Waals surface area contributed by atoms with Crippen molar-refractivity contribution in [3.63, 3.8) is 0 Å². The van der Waals surface area contributed by atoms with E-state index in [4.69, 9.17) is 5.73 Å². The molecule has 1 aliphatic rings. The highest BCUT2D eigenvalue weighted by Gasteiger charge is 2.32. The van der Waals surface area contributed by atoms with Gasteiger partial charge in [0, 0.05) is 26.1 Å². The van der Waals surface area contributed by atoms with Gasteiger partial charge in [-0.05, 0) is 6.92 Å². The fraction of sp³-hybridized carbons (Fsp3) is 0.750. The summed E-state index contributed by atoms with van der Waals surface area (Å²) in [7, 11) is 0. The summed E-state index contributed by atoms with van der Waals surface area (Å²) < 4.78 is 0. The summed E-state index contributed by atoms with van der Waals surface area (Å²) in [6, 6.07) is -0.339. The summed E-state index contributed by atoms with van der Waals surface area (Å²) in [5.74, 6) is -0.0694. The van der Waals surface area contributed by atoms with Crippen LogP contribution in [0.25, 0.3) is 0 Å². The largest absolute Gasteiger partial charge is 0.356 e. The number of nitrogens with one attached hydrogen (secondary N) is 1. The van der Waals surface area contributed by atoms with Gasteiger partial charge in [0.25, 0.3) is 0 Å². The molecule has 3 N–H and O–H groups in total. The van der Waals surface area contributed by atoms with Crippen molar-refractivity contribution in [2.45, 2.75) is 19.4 Å². The van der Waals surface area contributed by atoms with Gasteiger partial charge in [0.1, 0.15) is 6.04 Å². The van der Waals surface area contributed by atoms with Crippen molar-refractivity contribution in [1.29, 1.82) is 0 Å². The van der Waals surface area contributed by atoms with E-state index in [1.165, 1.54) is 0 Å². The first-order chi connectivity index (χ1) is 6.15. The van der Waals surface area contributed by atoms with Crippen LogP contribution in [0.2, 0.25) is 0 Å². The number of hydrogen-bond donors (Lipinski definition) is 2. The molecule has 1 unspecified atom stereocenters. The minimum atomic E-state index is -0.339. The second-order valence-corrected chi connectivity index (χ2v) is 3.09. The van der Waals surface area contributed by atoms with E-state index in [1.54, 1.807) is 4.90 Å². The Morgan fingerprint density at radius 1 is 1.77 bits per heavy atom. The molecule has 1 atom stereocenters. The van der Waals surface area contributed by atoms with Crippen LogP contribution in [0.3, 0.4) is 0 Å². The van der Waals surface area contributed by atoms with Gasteiger partial charge in [-0.3, -0.25) is 9.59 Å². The van der Waals surface area contributed by atoms with Crippen LogP contribution < -0.4 is 11.1 Å². The lowest BCUT2D eigenvalue weighted by molar-refractivity contribution is -0.142. The van der Waals surface area contributed by atoms with Gasteiger partial charge in [-0.25, -0.2) is 0 Å². The van der Waals surface area contributed by atoms with E-state index in [-0.39, 0.29) is 17.9 Å². The molecule has 1 rings (SSSR count). The van der Waals surface area contributed by atoms with E-state index >= 15 is 0 Å². The highest BCUT2D eigenvalue weighted by Crippen LogP contribution is 2.07. The molecule has 0 aliphatic carbocycles. The molecule has 0 spiro atoms. The average Bonchev–Trinajstić information content (AvgIpc) is 2.12. The molecule has 74 valence electrons. The SMILES string of the molecule is CCNC(=O)CCN1CC(N)C1=O. The molecule has 13 heavy (non-hydrogen) atoms. The molecule has 0 bridgehead atoms. The average molecular weight is 185 g/mol. The third-order valence-corrected chi connectivity index (χ3v) is 2.03. The zero-order valence-corrected chi connectivity index (χ0v) is 7.75. The Morgan fingerprint density at radius 2 is 2.46 bits per heavy atom. The molecule has 2 amide bonds. The van der Waals surface area contributed by atoms with Crippen molar-refractivity contribution in [2.24, 2.45) is 5.73 Å². The van der Waals surface area contributed by atoms with E-state index in [1.807, 2.05) is 6.92 Å². The van der Waals surface area contributed by atoms with Crippen molar-refractivity contribution in [3.8, 4) is 0 Å². The second-order valence-electron chi connectivity index (χ2n) is 3.09. The fourth-order valence-electron chi connectivity index (χ4n) is 1.25. The minimum Gasteiger partial charge on any atom is -0.356 e. The van der Waals surface area contributed by atoms with Crippen molar-refractivity contribution >= 4 is 11.8 Å². The van der Waals surface area contributed by atoms with Gasteiger partial charge in [0.05, 0.1) is 0 Å². The first-order valence-corrected chi connectivity index (χ1v) is 4.46. The van der Waals surface area contributed by atoms with Gasteiger partial charge in [0.2, 0.25) is 11.8 Å². The number of β-lactam (4-membered cyclic amide) rings is 1. The molecule has 1 fully saturated rings. The summed E-state index contributed by atoms with van der Waals surface area (Å²) in [6.45, 7) is 3.56. The van der Waals surface area contributed by atoms with Crippen LogP contribution in [0.1, 0.15) is 13.3 Å². The molecule has 1 saturated heterocycles. The van der Waals surface area contributed by atoms with E-state index < -0.39 is 0 Å². The van der Waals surface area contributed by atoms with Crippen LogP contribution in [0.5, 0.6) is 0 Å². The van der Waals surface area contributed by atoms with E-state index in [2.05, 4.69) is 5.32 Å². The van der Waals surface area contributed by atoms with Crippen LogP contribution in [0, 0.1) is 0 Å². The van der Waals surface area contributed by atoms with Gasteiger partial charge in [0.15, 0.2) is 0 Å². The van der Waals surface area contributed by atoms with Crippen molar-refractivity contribution in [1.82, 2.24) is 10.2 Å². The molecule has 0 aromatic carbocycles. The highest BCUT2D eigenvalue weighted by atomic mass is 16.2. The molecule has 0 radical (unpaired) electrons. The number of carbonyl (C=O) groups is 2. The molecule has 0 saturated carbocycles. The molecule has 1 heterocycles. The van der Waals surface area contributed by atoms with Crippen LogP contribution >= 0.6 is 0 Å². The zero-order valence-electron chi connectivity index (χ0n) is 7.75. The first kappa shape index (κ1) is 9.98. The summed E-state index contributed by atoms with van der Waals surface area (Å²) >= 11 is 0. The number of rotatable bonds is 4. The quantitative estimate of drug-likeness (QED) is 0.533. The summed E-state index contributed by atoms with van der Waals surface area (Å²) in [5, 5.41) is 2.67. The zero-order chi connectivity index (χ0) is 9.84.